The lowest BCUT2D eigenvalue weighted by atomic mass is 10.0. The van der Waals surface area contributed by atoms with E-state index in [1.807, 2.05) is 0 Å². The number of carboxylic acid groups (broad SMARTS) is 1. The van der Waals surface area contributed by atoms with Crippen molar-refractivity contribution in [3.63, 3.8) is 0 Å². The topological polar surface area (TPSA) is 168 Å². The molecule has 2 aromatic rings. The number of carboxylic acids is 1. The summed E-state index contributed by atoms with van der Waals surface area (Å²) in [6.45, 7) is 8.74. The van der Waals surface area contributed by atoms with Crippen LogP contribution in [0.25, 0.3) is 0 Å². The summed E-state index contributed by atoms with van der Waals surface area (Å²) in [6, 6.07) is 9.06. The van der Waals surface area contributed by atoms with Crippen LogP contribution in [0.4, 0.5) is 22.7 Å². The molecule has 0 atom stereocenters. The van der Waals surface area contributed by atoms with Crippen molar-refractivity contribution in [3.8, 4) is 0 Å². The fourth-order valence-electron chi connectivity index (χ4n) is 4.49. The molecule has 2 rings (SSSR count). The highest BCUT2D eigenvalue weighted by atomic mass is 16.5. The standard InChI is InChI=1S/C25H44N2O2.C7H8N2O2.C2H4/c1-2-3-4-5-6-7-8-9-10-11-12-13-14-15-16-17-18-29-25(28)22-19-23(26)21-24(27)20-22;8-5-1-4(7(10)11)2-6(9)3-5;1-2/h19-21H,2-18,26-27H2,1H3;1-3H,8-9H2,(H,10,11);1-2H2. The summed E-state index contributed by atoms with van der Waals surface area (Å²) in [5.74, 6) is -1.37. The van der Waals surface area contributed by atoms with E-state index in [2.05, 4.69) is 20.1 Å². The van der Waals surface area contributed by atoms with Crippen molar-refractivity contribution in [1.82, 2.24) is 0 Å². The summed E-state index contributed by atoms with van der Waals surface area (Å²) in [7, 11) is 0. The molecule has 0 saturated heterocycles. The van der Waals surface area contributed by atoms with E-state index in [4.69, 9.17) is 32.8 Å². The highest BCUT2D eigenvalue weighted by Gasteiger charge is 2.08. The van der Waals surface area contributed by atoms with Gasteiger partial charge in [-0.1, -0.05) is 103 Å². The van der Waals surface area contributed by atoms with Crippen LogP contribution in [0.5, 0.6) is 0 Å². The third kappa shape index (κ3) is 20.2. The molecule has 0 heterocycles. The molecule has 0 spiro atoms. The number of ether oxygens (including phenoxy) is 1. The molecule has 8 heteroatoms. The van der Waals surface area contributed by atoms with Gasteiger partial charge in [0.25, 0.3) is 0 Å². The lowest BCUT2D eigenvalue weighted by Gasteiger charge is -2.07. The summed E-state index contributed by atoms with van der Waals surface area (Å²) >= 11 is 0. The summed E-state index contributed by atoms with van der Waals surface area (Å²) in [6.07, 6.45) is 21.3. The van der Waals surface area contributed by atoms with Gasteiger partial charge in [0.1, 0.15) is 0 Å². The van der Waals surface area contributed by atoms with E-state index in [9.17, 15) is 9.59 Å². The molecular weight excluding hydrogens is 528 g/mol. The van der Waals surface area contributed by atoms with Gasteiger partial charge in [-0.05, 0) is 42.8 Å². The molecule has 0 saturated carbocycles. The number of unbranched alkanes of at least 4 members (excludes halogenated alkanes) is 15. The van der Waals surface area contributed by atoms with Gasteiger partial charge in [-0.2, -0.15) is 0 Å². The summed E-state index contributed by atoms with van der Waals surface area (Å²) in [4.78, 5) is 22.4. The van der Waals surface area contributed by atoms with Crippen molar-refractivity contribution < 1.29 is 19.4 Å². The van der Waals surface area contributed by atoms with E-state index in [0.717, 1.165) is 12.8 Å². The number of nitrogens with two attached hydrogens (primary N) is 4. The van der Waals surface area contributed by atoms with Crippen molar-refractivity contribution >= 4 is 34.7 Å². The van der Waals surface area contributed by atoms with Crippen LogP contribution in [0, 0.1) is 0 Å². The SMILES string of the molecule is C=C.CCCCCCCCCCCCCCCCCCOC(=O)c1cc(N)cc(N)c1.Nc1cc(N)cc(C(=O)O)c1. The number of carbonyl (C=O) groups excluding carboxylic acids is 1. The predicted molar refractivity (Wildman–Crippen MR) is 179 cm³/mol. The third-order valence-corrected chi connectivity index (χ3v) is 6.67. The number of anilines is 4. The number of benzene rings is 2. The summed E-state index contributed by atoms with van der Waals surface area (Å²) in [5.41, 5.74) is 24.4. The Morgan fingerprint density at radius 2 is 0.881 bits per heavy atom. The second kappa shape index (κ2) is 25.1. The molecule has 9 N–H and O–H groups in total. The van der Waals surface area contributed by atoms with Crippen molar-refractivity contribution in [1.29, 1.82) is 0 Å². The molecule has 2 aromatic carbocycles. The fourth-order valence-corrected chi connectivity index (χ4v) is 4.49. The molecule has 42 heavy (non-hydrogen) atoms. The van der Waals surface area contributed by atoms with Crippen molar-refractivity contribution in [3.05, 3.63) is 60.7 Å². The number of nitrogen functional groups attached to an aromatic ring is 4. The molecule has 0 bridgehead atoms. The maximum Gasteiger partial charge on any atom is 0.338 e. The lowest BCUT2D eigenvalue weighted by Crippen LogP contribution is -2.07. The first-order valence-electron chi connectivity index (χ1n) is 15.5. The Hall–Kier alpha value is -3.68. The molecule has 0 aliphatic heterocycles. The molecule has 8 nitrogen and oxygen atoms in total. The minimum atomic E-state index is -1.02. The van der Waals surface area contributed by atoms with Crippen molar-refractivity contribution in [2.45, 2.75) is 110 Å². The molecule has 0 fully saturated rings. The van der Waals surface area contributed by atoms with E-state index in [1.54, 1.807) is 18.2 Å². The number of rotatable bonds is 19. The molecule has 0 aliphatic carbocycles. The van der Waals surface area contributed by atoms with Crippen LogP contribution in [-0.4, -0.2) is 23.7 Å². The average Bonchev–Trinajstić information content (AvgIpc) is 2.95. The predicted octanol–water partition coefficient (Wildman–Crippen LogP) is 8.62. The van der Waals surface area contributed by atoms with Gasteiger partial charge in [-0.3, -0.25) is 0 Å². The van der Waals surface area contributed by atoms with E-state index in [0.29, 0.717) is 34.9 Å². The van der Waals surface area contributed by atoms with Gasteiger partial charge in [0.15, 0.2) is 0 Å². The first kappa shape index (κ1) is 38.3. The summed E-state index contributed by atoms with van der Waals surface area (Å²) < 4.78 is 5.31. The zero-order valence-corrected chi connectivity index (χ0v) is 25.9. The van der Waals surface area contributed by atoms with Gasteiger partial charge in [0, 0.05) is 22.7 Å². The molecule has 0 unspecified atom stereocenters. The van der Waals surface area contributed by atoms with Gasteiger partial charge >= 0.3 is 11.9 Å². The minimum Gasteiger partial charge on any atom is -0.478 e. The Labute approximate surface area is 253 Å². The van der Waals surface area contributed by atoms with E-state index in [1.165, 1.54) is 108 Å². The summed E-state index contributed by atoms with van der Waals surface area (Å²) in [5, 5.41) is 8.52. The van der Waals surface area contributed by atoms with Crippen LogP contribution in [-0.2, 0) is 4.74 Å². The smallest absolute Gasteiger partial charge is 0.338 e. The maximum absolute atomic E-state index is 12.0. The Balaban J connectivity index is 0.00000107. The van der Waals surface area contributed by atoms with Crippen LogP contribution < -0.4 is 22.9 Å². The first-order chi connectivity index (χ1) is 20.2. The zero-order valence-electron chi connectivity index (χ0n) is 25.9. The first-order valence-corrected chi connectivity index (χ1v) is 15.5. The number of hydrogen-bond acceptors (Lipinski definition) is 7. The van der Waals surface area contributed by atoms with Crippen LogP contribution in [0.1, 0.15) is 130 Å². The van der Waals surface area contributed by atoms with Gasteiger partial charge in [0.05, 0.1) is 17.7 Å². The largest absolute Gasteiger partial charge is 0.478 e. The second-order valence-electron chi connectivity index (χ2n) is 10.5. The fraction of sp³-hybridized carbons (Fsp3) is 0.529. The quantitative estimate of drug-likeness (QED) is 0.0473. The Morgan fingerprint density at radius 1 is 0.571 bits per heavy atom. The molecular formula is C34H56N4O4. The van der Waals surface area contributed by atoms with Crippen LogP contribution in [0.2, 0.25) is 0 Å². The van der Waals surface area contributed by atoms with Gasteiger partial charge < -0.3 is 32.8 Å². The number of esters is 1. The normalized spacial score (nSPS) is 10.1. The van der Waals surface area contributed by atoms with Crippen LogP contribution >= 0.6 is 0 Å². The van der Waals surface area contributed by atoms with E-state index in [-0.39, 0.29) is 11.5 Å². The number of hydrogen-bond donors (Lipinski definition) is 5. The van der Waals surface area contributed by atoms with Crippen LogP contribution in [0.15, 0.2) is 49.6 Å². The zero-order chi connectivity index (χ0) is 31.6. The van der Waals surface area contributed by atoms with E-state index < -0.39 is 5.97 Å². The molecule has 0 aromatic heterocycles. The molecule has 0 radical (unpaired) electrons. The number of aromatic carboxylic acids is 1. The van der Waals surface area contributed by atoms with E-state index >= 15 is 0 Å². The van der Waals surface area contributed by atoms with Gasteiger partial charge in [0.2, 0.25) is 0 Å². The van der Waals surface area contributed by atoms with Gasteiger partial charge in [-0.25, -0.2) is 9.59 Å². The maximum atomic E-state index is 12.0. The highest BCUT2D eigenvalue weighted by molar-refractivity contribution is 5.91. The van der Waals surface area contributed by atoms with Crippen molar-refractivity contribution in [2.75, 3.05) is 29.5 Å². The third-order valence-electron chi connectivity index (χ3n) is 6.67. The second-order valence-corrected chi connectivity index (χ2v) is 10.5. The molecule has 236 valence electrons. The number of carbonyl (C=O) groups is 2. The van der Waals surface area contributed by atoms with Crippen LogP contribution in [0.3, 0.4) is 0 Å². The van der Waals surface area contributed by atoms with Crippen molar-refractivity contribution in [2.24, 2.45) is 0 Å². The Kier molecular flexibility index (Phi) is 22.9. The minimum absolute atomic E-state index is 0.113. The Bertz CT molecular complexity index is 973. The lowest BCUT2D eigenvalue weighted by molar-refractivity contribution is 0.0497. The monoisotopic (exact) mass is 584 g/mol. The molecule has 0 amide bonds. The highest BCUT2D eigenvalue weighted by Crippen LogP contribution is 2.16. The Morgan fingerprint density at radius 3 is 1.21 bits per heavy atom. The average molecular weight is 585 g/mol. The van der Waals surface area contributed by atoms with Gasteiger partial charge in [-0.15, -0.1) is 13.2 Å². The molecule has 0 aliphatic rings.